The molecule has 0 radical (unpaired) electrons. The number of aryl methyl sites for hydroxylation is 1. The first kappa shape index (κ1) is 12.5. The highest BCUT2D eigenvalue weighted by molar-refractivity contribution is 7.89. The van der Waals surface area contributed by atoms with Crippen molar-refractivity contribution in [3.63, 3.8) is 0 Å². The monoisotopic (exact) mass is 254 g/mol. The van der Waals surface area contributed by atoms with Gasteiger partial charge in [-0.2, -0.15) is 4.31 Å². The van der Waals surface area contributed by atoms with Crippen molar-refractivity contribution < 1.29 is 8.42 Å². The van der Waals surface area contributed by atoms with Gasteiger partial charge in [-0.25, -0.2) is 8.42 Å². The second-order valence-corrected chi connectivity index (χ2v) is 6.35. The Hall–Kier alpha value is -0.910. The summed E-state index contributed by atoms with van der Waals surface area (Å²) in [7, 11) is -3.36. The summed E-state index contributed by atoms with van der Waals surface area (Å²) in [5.74, 6) is 0. The molecule has 1 aromatic carbocycles. The lowest BCUT2D eigenvalue weighted by molar-refractivity contribution is 0.393. The molecule has 1 aliphatic rings. The van der Waals surface area contributed by atoms with Gasteiger partial charge in [0.15, 0.2) is 0 Å². The van der Waals surface area contributed by atoms with Gasteiger partial charge in [0.1, 0.15) is 0 Å². The maximum absolute atomic E-state index is 12.4. The normalized spacial score (nSPS) is 21.9. The fraction of sp³-hybridized carbons (Fsp3) is 0.500. The van der Waals surface area contributed by atoms with Crippen LogP contribution in [0.5, 0.6) is 0 Å². The minimum absolute atomic E-state index is 0.0405. The van der Waals surface area contributed by atoms with Gasteiger partial charge in [-0.3, -0.25) is 0 Å². The number of sulfonamides is 1. The van der Waals surface area contributed by atoms with Gasteiger partial charge in [0.2, 0.25) is 10.0 Å². The molecule has 2 rings (SSSR count). The van der Waals surface area contributed by atoms with Crippen LogP contribution in [0.3, 0.4) is 0 Å². The van der Waals surface area contributed by atoms with Crippen molar-refractivity contribution in [1.82, 2.24) is 4.31 Å². The summed E-state index contributed by atoms with van der Waals surface area (Å²) in [6, 6.07) is 6.93. The van der Waals surface area contributed by atoms with E-state index in [1.165, 1.54) is 4.31 Å². The molecule has 1 fully saturated rings. The third kappa shape index (κ3) is 2.36. The van der Waals surface area contributed by atoms with Crippen LogP contribution in [0.25, 0.3) is 0 Å². The summed E-state index contributed by atoms with van der Waals surface area (Å²) < 4.78 is 26.3. The van der Waals surface area contributed by atoms with Crippen molar-refractivity contribution in [2.45, 2.75) is 30.7 Å². The Morgan fingerprint density at radius 3 is 2.59 bits per heavy atom. The first-order valence-corrected chi connectivity index (χ1v) is 7.28. The van der Waals surface area contributed by atoms with E-state index >= 15 is 0 Å². The molecule has 0 saturated carbocycles. The van der Waals surface area contributed by atoms with E-state index < -0.39 is 10.0 Å². The molecule has 0 amide bonds. The highest BCUT2D eigenvalue weighted by Gasteiger charge is 2.34. The Balaban J connectivity index is 2.33. The van der Waals surface area contributed by atoms with Crippen LogP contribution in [-0.4, -0.2) is 31.9 Å². The first-order chi connectivity index (χ1) is 8.05. The van der Waals surface area contributed by atoms with E-state index in [4.69, 9.17) is 5.73 Å². The Morgan fingerprint density at radius 2 is 2.00 bits per heavy atom. The lowest BCUT2D eigenvalue weighted by Gasteiger charge is -2.22. The molecule has 17 heavy (non-hydrogen) atoms. The number of nitrogens with two attached hydrogens (primary N) is 1. The van der Waals surface area contributed by atoms with Gasteiger partial charge in [0, 0.05) is 19.1 Å². The SMILES string of the molecule is Cc1ccc(S(=O)(=O)N2CCC[C@H]2CN)cc1. The minimum atomic E-state index is -3.36. The average Bonchev–Trinajstić information content (AvgIpc) is 2.78. The fourth-order valence-corrected chi connectivity index (χ4v) is 3.91. The van der Waals surface area contributed by atoms with Crippen molar-refractivity contribution in [3.05, 3.63) is 29.8 Å². The third-order valence-electron chi connectivity index (χ3n) is 3.22. The Morgan fingerprint density at radius 1 is 1.35 bits per heavy atom. The van der Waals surface area contributed by atoms with E-state index in [0.717, 1.165) is 18.4 Å². The lowest BCUT2D eigenvalue weighted by atomic mass is 10.2. The molecule has 1 aromatic rings. The lowest BCUT2D eigenvalue weighted by Crippen LogP contribution is -2.39. The fourth-order valence-electron chi connectivity index (χ4n) is 2.21. The van der Waals surface area contributed by atoms with E-state index in [0.29, 0.717) is 18.0 Å². The number of nitrogens with zero attached hydrogens (tertiary/aromatic N) is 1. The topological polar surface area (TPSA) is 63.4 Å². The number of hydrogen-bond donors (Lipinski definition) is 1. The smallest absolute Gasteiger partial charge is 0.243 e. The van der Waals surface area contributed by atoms with Gasteiger partial charge in [-0.1, -0.05) is 17.7 Å². The number of hydrogen-bond acceptors (Lipinski definition) is 3. The standard InChI is InChI=1S/C12H18N2O2S/c1-10-4-6-12(7-5-10)17(15,16)14-8-2-3-11(14)9-13/h4-7,11H,2-3,8-9,13H2,1H3/t11-/m0/s1. The van der Waals surface area contributed by atoms with Gasteiger partial charge in [-0.05, 0) is 31.9 Å². The Bertz CT molecular complexity index is 482. The summed E-state index contributed by atoms with van der Waals surface area (Å²) in [5.41, 5.74) is 6.67. The molecule has 0 aromatic heterocycles. The van der Waals surface area contributed by atoms with Gasteiger partial charge in [-0.15, -0.1) is 0 Å². The molecular weight excluding hydrogens is 236 g/mol. The van der Waals surface area contributed by atoms with E-state index in [2.05, 4.69) is 0 Å². The molecule has 5 heteroatoms. The molecule has 0 aliphatic carbocycles. The predicted octanol–water partition coefficient (Wildman–Crippen LogP) is 1.11. The average molecular weight is 254 g/mol. The summed E-state index contributed by atoms with van der Waals surface area (Å²) in [6.45, 7) is 2.91. The molecule has 0 bridgehead atoms. The summed E-state index contributed by atoms with van der Waals surface area (Å²) in [4.78, 5) is 0.364. The summed E-state index contributed by atoms with van der Waals surface area (Å²) >= 11 is 0. The second kappa shape index (κ2) is 4.76. The van der Waals surface area contributed by atoms with Crippen LogP contribution in [0.4, 0.5) is 0 Å². The molecule has 0 spiro atoms. The van der Waals surface area contributed by atoms with Crippen LogP contribution in [0.1, 0.15) is 18.4 Å². The van der Waals surface area contributed by atoms with Crippen molar-refractivity contribution in [3.8, 4) is 0 Å². The van der Waals surface area contributed by atoms with Crippen molar-refractivity contribution in [2.24, 2.45) is 5.73 Å². The van der Waals surface area contributed by atoms with Gasteiger partial charge in [0.05, 0.1) is 4.90 Å². The quantitative estimate of drug-likeness (QED) is 0.878. The van der Waals surface area contributed by atoms with Crippen LogP contribution in [0.2, 0.25) is 0 Å². The van der Waals surface area contributed by atoms with E-state index in [1.54, 1.807) is 12.1 Å². The zero-order valence-electron chi connectivity index (χ0n) is 9.96. The Kier molecular flexibility index (Phi) is 3.51. The van der Waals surface area contributed by atoms with E-state index in [9.17, 15) is 8.42 Å². The number of benzene rings is 1. The van der Waals surface area contributed by atoms with Crippen LogP contribution < -0.4 is 5.73 Å². The van der Waals surface area contributed by atoms with Crippen LogP contribution in [0, 0.1) is 6.92 Å². The molecule has 1 heterocycles. The molecule has 1 atom stereocenters. The molecule has 1 aliphatic heterocycles. The number of rotatable bonds is 3. The zero-order valence-corrected chi connectivity index (χ0v) is 10.8. The van der Waals surface area contributed by atoms with Crippen molar-refractivity contribution in [2.75, 3.05) is 13.1 Å². The molecular formula is C12H18N2O2S. The van der Waals surface area contributed by atoms with Gasteiger partial charge in [0.25, 0.3) is 0 Å². The molecule has 2 N–H and O–H groups in total. The highest BCUT2D eigenvalue weighted by Crippen LogP contribution is 2.25. The van der Waals surface area contributed by atoms with Crippen molar-refractivity contribution in [1.29, 1.82) is 0 Å². The largest absolute Gasteiger partial charge is 0.329 e. The summed E-state index contributed by atoms with van der Waals surface area (Å²) in [6.07, 6.45) is 1.76. The second-order valence-electron chi connectivity index (χ2n) is 4.46. The Labute approximate surface area is 102 Å². The first-order valence-electron chi connectivity index (χ1n) is 5.84. The van der Waals surface area contributed by atoms with Crippen LogP contribution in [-0.2, 0) is 10.0 Å². The van der Waals surface area contributed by atoms with E-state index in [1.807, 2.05) is 19.1 Å². The molecule has 4 nitrogen and oxygen atoms in total. The van der Waals surface area contributed by atoms with E-state index in [-0.39, 0.29) is 6.04 Å². The zero-order chi connectivity index (χ0) is 12.5. The maximum Gasteiger partial charge on any atom is 0.243 e. The minimum Gasteiger partial charge on any atom is -0.329 e. The molecule has 1 saturated heterocycles. The maximum atomic E-state index is 12.4. The van der Waals surface area contributed by atoms with Gasteiger partial charge < -0.3 is 5.73 Å². The summed E-state index contributed by atoms with van der Waals surface area (Å²) in [5, 5.41) is 0. The van der Waals surface area contributed by atoms with Crippen LogP contribution in [0.15, 0.2) is 29.2 Å². The van der Waals surface area contributed by atoms with Crippen LogP contribution >= 0.6 is 0 Å². The highest BCUT2D eigenvalue weighted by atomic mass is 32.2. The van der Waals surface area contributed by atoms with Gasteiger partial charge >= 0.3 is 0 Å². The third-order valence-corrected chi connectivity index (χ3v) is 5.19. The predicted molar refractivity (Wildman–Crippen MR) is 67.1 cm³/mol. The molecule has 0 unspecified atom stereocenters. The van der Waals surface area contributed by atoms with Crippen molar-refractivity contribution >= 4 is 10.0 Å². The molecule has 94 valence electrons.